The molecule has 28 heavy (non-hydrogen) atoms. The van der Waals surface area contributed by atoms with Crippen LogP contribution in [0, 0.1) is 11.6 Å². The fourth-order valence-corrected chi connectivity index (χ4v) is 3.44. The number of guanidine groups is 1. The summed E-state index contributed by atoms with van der Waals surface area (Å²) in [5, 5.41) is 0. The van der Waals surface area contributed by atoms with Gasteiger partial charge in [-0.3, -0.25) is 9.69 Å². The Morgan fingerprint density at radius 2 is 1.61 bits per heavy atom. The van der Waals surface area contributed by atoms with Gasteiger partial charge in [0.1, 0.15) is 17.2 Å². The molecule has 0 saturated carbocycles. The predicted molar refractivity (Wildman–Crippen MR) is 92.3 cm³/mol. The van der Waals surface area contributed by atoms with Gasteiger partial charge in [0.15, 0.2) is 5.96 Å². The Bertz CT molecular complexity index is 935. The molecule has 0 radical (unpaired) electrons. The van der Waals surface area contributed by atoms with Gasteiger partial charge in [-0.05, 0) is 36.8 Å². The quantitative estimate of drug-likeness (QED) is 0.785. The van der Waals surface area contributed by atoms with Gasteiger partial charge in [0, 0.05) is 7.05 Å². The summed E-state index contributed by atoms with van der Waals surface area (Å²) in [6, 6.07) is 7.02. The van der Waals surface area contributed by atoms with E-state index in [0.717, 1.165) is 47.4 Å². The Labute approximate surface area is 157 Å². The van der Waals surface area contributed by atoms with E-state index in [2.05, 4.69) is 4.99 Å². The third-order valence-corrected chi connectivity index (χ3v) is 4.87. The zero-order valence-corrected chi connectivity index (χ0v) is 14.9. The van der Waals surface area contributed by atoms with E-state index in [1.54, 1.807) is 0 Å². The smallest absolute Gasteiger partial charge is 0.369 e. The molecule has 4 nitrogen and oxygen atoms in total. The van der Waals surface area contributed by atoms with Crippen LogP contribution in [0.5, 0.6) is 0 Å². The molecule has 2 unspecified atom stereocenters. The highest BCUT2D eigenvalue weighted by Crippen LogP contribution is 2.46. The molecule has 0 fully saturated rings. The Hall–Kier alpha value is -2.97. The van der Waals surface area contributed by atoms with Gasteiger partial charge in [0.25, 0.3) is 0 Å². The summed E-state index contributed by atoms with van der Waals surface area (Å²) >= 11 is 0. The highest BCUT2D eigenvalue weighted by atomic mass is 19.4. The van der Waals surface area contributed by atoms with Gasteiger partial charge in [-0.25, -0.2) is 13.8 Å². The Kier molecular flexibility index (Phi) is 4.64. The van der Waals surface area contributed by atoms with Crippen molar-refractivity contribution in [3.8, 4) is 0 Å². The molecule has 0 aromatic heterocycles. The van der Waals surface area contributed by atoms with Crippen molar-refractivity contribution >= 4 is 11.9 Å². The number of rotatable bonds is 2. The third kappa shape index (κ3) is 3.10. The number of carbonyl (C=O) groups is 1. The first-order valence-electron chi connectivity index (χ1n) is 8.21. The monoisotopic (exact) mass is 397 g/mol. The van der Waals surface area contributed by atoms with Crippen molar-refractivity contribution in [2.75, 3.05) is 7.05 Å². The summed E-state index contributed by atoms with van der Waals surface area (Å²) in [4.78, 5) is 18.1. The lowest BCUT2D eigenvalue weighted by Gasteiger charge is -2.41. The van der Waals surface area contributed by atoms with Crippen LogP contribution in [0.25, 0.3) is 0 Å². The van der Waals surface area contributed by atoms with Crippen LogP contribution in [0.15, 0.2) is 47.5 Å². The first-order valence-corrected chi connectivity index (χ1v) is 8.21. The summed E-state index contributed by atoms with van der Waals surface area (Å²) < 4.78 is 67.6. The van der Waals surface area contributed by atoms with Crippen LogP contribution in [-0.2, 0) is 16.5 Å². The molecular formula is C19H16F5N3O. The molecule has 0 spiro atoms. The fourth-order valence-electron chi connectivity index (χ4n) is 3.44. The molecule has 2 N–H and O–H groups in total. The normalized spacial score (nSPS) is 23.0. The van der Waals surface area contributed by atoms with Gasteiger partial charge in [-0.1, -0.05) is 18.2 Å². The minimum Gasteiger partial charge on any atom is -0.369 e. The molecule has 1 aliphatic heterocycles. The molecule has 2 aromatic rings. The maximum absolute atomic E-state index is 14.5. The minimum absolute atomic E-state index is 0.131. The molecular weight excluding hydrogens is 381 g/mol. The van der Waals surface area contributed by atoms with E-state index in [1.165, 1.54) is 14.0 Å². The summed E-state index contributed by atoms with van der Waals surface area (Å²) in [5.74, 6) is -4.05. The second kappa shape index (κ2) is 6.57. The number of amides is 1. The van der Waals surface area contributed by atoms with Crippen molar-refractivity contribution < 1.29 is 26.7 Å². The molecule has 1 amide bonds. The molecule has 9 heteroatoms. The average Bonchev–Trinajstić information content (AvgIpc) is 2.59. The lowest BCUT2D eigenvalue weighted by atomic mass is 9.74. The summed E-state index contributed by atoms with van der Waals surface area (Å²) in [6.07, 6.45) is -4.56. The topological polar surface area (TPSA) is 58.7 Å². The van der Waals surface area contributed by atoms with Gasteiger partial charge in [0.05, 0.1) is 17.0 Å². The predicted octanol–water partition coefficient (Wildman–Crippen LogP) is 3.77. The van der Waals surface area contributed by atoms with Crippen LogP contribution >= 0.6 is 0 Å². The SMILES string of the molecule is CN1C(=O)C(c2ccc(C(F)(F)F)cc2)C(C)(c2c(F)cccc2F)N=C1N. The third-order valence-electron chi connectivity index (χ3n) is 4.87. The van der Waals surface area contributed by atoms with Crippen molar-refractivity contribution in [1.82, 2.24) is 4.90 Å². The number of carbonyl (C=O) groups excluding carboxylic acids is 1. The second-order valence-electron chi connectivity index (χ2n) is 6.66. The zero-order chi connectivity index (χ0) is 20.9. The average molecular weight is 397 g/mol. The van der Waals surface area contributed by atoms with E-state index in [-0.39, 0.29) is 11.5 Å². The van der Waals surface area contributed by atoms with E-state index >= 15 is 0 Å². The molecule has 2 atom stereocenters. The maximum atomic E-state index is 14.5. The van der Waals surface area contributed by atoms with E-state index in [0.29, 0.717) is 0 Å². The maximum Gasteiger partial charge on any atom is 0.416 e. The van der Waals surface area contributed by atoms with Crippen LogP contribution in [0.2, 0.25) is 0 Å². The summed E-state index contributed by atoms with van der Waals surface area (Å²) in [6.45, 7) is 1.33. The number of hydrogen-bond donors (Lipinski definition) is 1. The number of hydrogen-bond acceptors (Lipinski definition) is 3. The molecule has 0 bridgehead atoms. The summed E-state index contributed by atoms with van der Waals surface area (Å²) in [7, 11) is 1.33. The van der Waals surface area contributed by atoms with Crippen LogP contribution in [0.4, 0.5) is 22.0 Å². The lowest BCUT2D eigenvalue weighted by molar-refractivity contribution is -0.137. The van der Waals surface area contributed by atoms with Gasteiger partial charge >= 0.3 is 6.18 Å². The van der Waals surface area contributed by atoms with E-state index in [1.807, 2.05) is 0 Å². The number of nitrogens with two attached hydrogens (primary N) is 1. The van der Waals surface area contributed by atoms with Crippen molar-refractivity contribution in [3.63, 3.8) is 0 Å². The van der Waals surface area contributed by atoms with E-state index in [9.17, 15) is 26.7 Å². The highest BCUT2D eigenvalue weighted by molar-refractivity contribution is 6.02. The van der Waals surface area contributed by atoms with Crippen molar-refractivity contribution in [3.05, 3.63) is 70.8 Å². The molecule has 0 saturated heterocycles. The fraction of sp³-hybridized carbons (Fsp3) is 0.263. The number of alkyl halides is 3. The standard InChI is InChI=1S/C19H16F5N3O/c1-18(15-12(20)4-3-5-13(15)21)14(16(28)27(2)17(25)26-18)10-6-8-11(9-7-10)19(22,23)24/h3-9,14H,1-2H3,(H2,25,26). The number of likely N-dealkylation sites (N-methyl/N-ethyl adjacent to an activating group) is 1. The largest absolute Gasteiger partial charge is 0.416 e. The Morgan fingerprint density at radius 3 is 2.11 bits per heavy atom. The van der Waals surface area contributed by atoms with Crippen LogP contribution in [0.1, 0.15) is 29.5 Å². The first kappa shape index (κ1) is 19.8. The van der Waals surface area contributed by atoms with Gasteiger partial charge in [-0.15, -0.1) is 0 Å². The number of aliphatic imine (C=N–C) groups is 1. The van der Waals surface area contributed by atoms with E-state index < -0.39 is 46.3 Å². The number of nitrogens with zero attached hydrogens (tertiary/aromatic N) is 2. The van der Waals surface area contributed by atoms with Gasteiger partial charge in [0.2, 0.25) is 5.91 Å². The van der Waals surface area contributed by atoms with Crippen LogP contribution in [-0.4, -0.2) is 23.8 Å². The Balaban J connectivity index is 2.23. The minimum atomic E-state index is -4.56. The highest BCUT2D eigenvalue weighted by Gasteiger charge is 2.49. The molecule has 1 aliphatic rings. The lowest BCUT2D eigenvalue weighted by Crippen LogP contribution is -2.53. The Morgan fingerprint density at radius 1 is 1.07 bits per heavy atom. The molecule has 3 rings (SSSR count). The number of halogens is 5. The van der Waals surface area contributed by atoms with Crippen molar-refractivity contribution in [1.29, 1.82) is 0 Å². The number of benzene rings is 2. The van der Waals surface area contributed by atoms with Crippen molar-refractivity contribution in [2.24, 2.45) is 10.7 Å². The second-order valence-corrected chi connectivity index (χ2v) is 6.66. The van der Waals surface area contributed by atoms with Crippen molar-refractivity contribution in [2.45, 2.75) is 24.6 Å². The molecule has 2 aromatic carbocycles. The molecule has 148 valence electrons. The zero-order valence-electron chi connectivity index (χ0n) is 14.9. The molecule has 1 heterocycles. The van der Waals surface area contributed by atoms with Crippen LogP contribution < -0.4 is 5.73 Å². The van der Waals surface area contributed by atoms with E-state index in [4.69, 9.17) is 5.73 Å². The first-order chi connectivity index (χ1) is 13.0. The van der Waals surface area contributed by atoms with Crippen LogP contribution in [0.3, 0.4) is 0 Å². The van der Waals surface area contributed by atoms with Gasteiger partial charge in [-0.2, -0.15) is 13.2 Å². The molecule has 0 aliphatic carbocycles. The summed E-state index contributed by atoms with van der Waals surface area (Å²) in [5.41, 5.74) is 2.72. The van der Waals surface area contributed by atoms with Gasteiger partial charge < -0.3 is 5.73 Å².